The van der Waals surface area contributed by atoms with Gasteiger partial charge < -0.3 is 14.4 Å². The highest BCUT2D eigenvalue weighted by molar-refractivity contribution is 6.30. The van der Waals surface area contributed by atoms with Gasteiger partial charge in [0.25, 0.3) is 0 Å². The highest BCUT2D eigenvalue weighted by atomic mass is 35.5. The molecule has 1 aliphatic heterocycles. The molecule has 2 N–H and O–H groups in total. The minimum absolute atomic E-state index is 0.0479. The van der Waals surface area contributed by atoms with E-state index in [9.17, 15) is 9.59 Å². The van der Waals surface area contributed by atoms with Crippen LogP contribution >= 0.6 is 11.6 Å². The summed E-state index contributed by atoms with van der Waals surface area (Å²) in [6.45, 7) is 11.6. The molecule has 8 nitrogen and oxygen atoms in total. The Morgan fingerprint density at radius 1 is 1.00 bits per heavy atom. The average molecular weight is 546 g/mol. The fourth-order valence-corrected chi connectivity index (χ4v) is 4.77. The van der Waals surface area contributed by atoms with E-state index in [1.807, 2.05) is 52.0 Å². The zero-order chi connectivity index (χ0) is 27.7. The second-order valence-electron chi connectivity index (χ2n) is 10.7. The lowest BCUT2D eigenvalue weighted by molar-refractivity contribution is -0.132. The number of nitrogens with zero attached hydrogens (tertiary/aromatic N) is 2. The first-order chi connectivity index (χ1) is 18.1. The van der Waals surface area contributed by atoms with Crippen molar-refractivity contribution in [3.05, 3.63) is 70.2 Å². The molecule has 0 bridgehead atoms. The second kappa shape index (κ2) is 13.9. The van der Waals surface area contributed by atoms with Gasteiger partial charge in [0.05, 0.1) is 12.5 Å². The molecule has 0 saturated carbocycles. The van der Waals surface area contributed by atoms with E-state index in [2.05, 4.69) is 29.2 Å². The number of carbonyl (C=O) groups excluding carboxylic acids is 2. The molecule has 1 fully saturated rings. The van der Waals surface area contributed by atoms with Crippen LogP contribution in [-0.2, 0) is 27.2 Å². The van der Waals surface area contributed by atoms with Crippen molar-refractivity contribution >= 4 is 23.6 Å². The van der Waals surface area contributed by atoms with Crippen LogP contribution in [-0.4, -0.2) is 71.5 Å². The van der Waals surface area contributed by atoms with Crippen molar-refractivity contribution in [2.75, 3.05) is 32.8 Å². The number of halogens is 1. The van der Waals surface area contributed by atoms with Crippen LogP contribution in [0.4, 0.5) is 4.79 Å². The fraction of sp³-hybridized carbons (Fsp3) is 0.517. The molecule has 2 atom stereocenters. The summed E-state index contributed by atoms with van der Waals surface area (Å²) in [5.74, 6) is -0.577. The van der Waals surface area contributed by atoms with Crippen molar-refractivity contribution in [3.63, 3.8) is 0 Å². The first kappa shape index (κ1) is 29.9. The number of benzene rings is 2. The van der Waals surface area contributed by atoms with Gasteiger partial charge in [-0.2, -0.15) is 0 Å². The van der Waals surface area contributed by atoms with E-state index in [-0.39, 0.29) is 18.4 Å². The molecule has 2 unspecified atom stereocenters. The van der Waals surface area contributed by atoms with Crippen LogP contribution in [0.1, 0.15) is 56.7 Å². The molecule has 9 heteroatoms. The summed E-state index contributed by atoms with van der Waals surface area (Å²) >= 11 is 6.08. The van der Waals surface area contributed by atoms with Gasteiger partial charge in [0.1, 0.15) is 5.60 Å². The van der Waals surface area contributed by atoms with Gasteiger partial charge >= 0.3 is 6.09 Å². The third-order valence-electron chi connectivity index (χ3n) is 6.55. The minimum atomic E-state index is -0.496. The standard InChI is InChI=1S/C29H40ClN3O5/c1-5-37-26(19-27(34)31-36)25(18-21-8-12-24(30)13-9-21)23-10-6-22(7-11-23)20-32-14-16-33(17-15-32)28(35)38-29(2,3)4/h6-13,25-26,36H,5,14-20H2,1-4H3,(H,31,34). The third kappa shape index (κ3) is 9.27. The summed E-state index contributed by atoms with van der Waals surface area (Å²) < 4.78 is 11.5. The van der Waals surface area contributed by atoms with E-state index in [4.69, 9.17) is 26.3 Å². The van der Waals surface area contributed by atoms with Gasteiger partial charge in [-0.1, -0.05) is 48.0 Å². The monoisotopic (exact) mass is 545 g/mol. The SMILES string of the molecule is CCOC(CC(=O)NO)C(Cc1ccc(Cl)cc1)c1ccc(CN2CCN(C(=O)OC(C)(C)C)CC2)cc1. The Kier molecular flexibility index (Phi) is 11.0. The van der Waals surface area contributed by atoms with E-state index in [0.29, 0.717) is 31.1 Å². The van der Waals surface area contributed by atoms with Gasteiger partial charge in [-0.05, 0) is 62.9 Å². The minimum Gasteiger partial charge on any atom is -0.444 e. The summed E-state index contributed by atoms with van der Waals surface area (Å²) in [7, 11) is 0. The molecule has 0 aliphatic carbocycles. The Bertz CT molecular complexity index is 1030. The number of hydrogen-bond acceptors (Lipinski definition) is 6. The zero-order valence-electron chi connectivity index (χ0n) is 22.8. The van der Waals surface area contributed by atoms with Crippen molar-refractivity contribution in [1.29, 1.82) is 0 Å². The van der Waals surface area contributed by atoms with E-state index in [0.717, 1.165) is 30.8 Å². The zero-order valence-corrected chi connectivity index (χ0v) is 23.5. The summed E-state index contributed by atoms with van der Waals surface area (Å²) in [5, 5.41) is 9.78. The highest BCUT2D eigenvalue weighted by Gasteiger charge is 2.28. The maximum Gasteiger partial charge on any atom is 0.410 e. The number of nitrogens with one attached hydrogen (secondary N) is 1. The molecule has 0 aromatic heterocycles. The van der Waals surface area contributed by atoms with E-state index < -0.39 is 17.6 Å². The number of hydrogen-bond donors (Lipinski definition) is 2. The van der Waals surface area contributed by atoms with Crippen molar-refractivity contribution < 1.29 is 24.3 Å². The second-order valence-corrected chi connectivity index (χ2v) is 11.1. The first-order valence-corrected chi connectivity index (χ1v) is 13.5. The van der Waals surface area contributed by atoms with Gasteiger partial charge in [0, 0.05) is 50.3 Å². The molecule has 1 aliphatic rings. The third-order valence-corrected chi connectivity index (χ3v) is 6.80. The normalized spacial score (nSPS) is 16.1. The predicted molar refractivity (Wildman–Crippen MR) is 147 cm³/mol. The molecule has 38 heavy (non-hydrogen) atoms. The van der Waals surface area contributed by atoms with Gasteiger partial charge in [-0.15, -0.1) is 0 Å². The van der Waals surface area contributed by atoms with Gasteiger partial charge in [-0.25, -0.2) is 10.3 Å². The van der Waals surface area contributed by atoms with Crippen molar-refractivity contribution in [1.82, 2.24) is 15.3 Å². The number of amides is 2. The quantitative estimate of drug-likeness (QED) is 0.322. The fourth-order valence-electron chi connectivity index (χ4n) is 4.64. The number of rotatable bonds is 10. The van der Waals surface area contributed by atoms with Crippen LogP contribution < -0.4 is 5.48 Å². The van der Waals surface area contributed by atoms with Crippen LogP contribution in [0.15, 0.2) is 48.5 Å². The Balaban J connectivity index is 1.68. The van der Waals surface area contributed by atoms with Crippen LogP contribution in [0.5, 0.6) is 0 Å². The van der Waals surface area contributed by atoms with E-state index >= 15 is 0 Å². The van der Waals surface area contributed by atoms with Crippen LogP contribution in [0, 0.1) is 0 Å². The summed E-state index contributed by atoms with van der Waals surface area (Å²) in [4.78, 5) is 28.5. The lowest BCUT2D eigenvalue weighted by Gasteiger charge is -2.35. The Morgan fingerprint density at radius 2 is 1.61 bits per heavy atom. The largest absolute Gasteiger partial charge is 0.444 e. The molecule has 2 aromatic carbocycles. The van der Waals surface area contributed by atoms with Gasteiger partial charge in [-0.3, -0.25) is 14.9 Å². The Labute approximate surface area is 230 Å². The maximum absolute atomic E-state index is 12.3. The topological polar surface area (TPSA) is 91.3 Å². The van der Waals surface area contributed by atoms with Crippen molar-refractivity contribution in [2.45, 2.75) is 64.7 Å². The van der Waals surface area contributed by atoms with Crippen LogP contribution in [0.25, 0.3) is 0 Å². The Morgan fingerprint density at radius 3 is 2.16 bits per heavy atom. The molecule has 1 saturated heterocycles. The van der Waals surface area contributed by atoms with E-state index in [1.165, 1.54) is 5.56 Å². The van der Waals surface area contributed by atoms with Crippen LogP contribution in [0.3, 0.4) is 0 Å². The maximum atomic E-state index is 12.3. The molecule has 0 spiro atoms. The highest BCUT2D eigenvalue weighted by Crippen LogP contribution is 2.30. The van der Waals surface area contributed by atoms with Gasteiger partial charge in [0.2, 0.25) is 5.91 Å². The lowest BCUT2D eigenvalue weighted by atomic mass is 9.85. The Hall–Kier alpha value is -2.65. The molecule has 2 amide bonds. The van der Waals surface area contributed by atoms with E-state index in [1.54, 1.807) is 10.4 Å². The predicted octanol–water partition coefficient (Wildman–Crippen LogP) is 5.02. The molecule has 3 rings (SSSR count). The molecular weight excluding hydrogens is 506 g/mol. The van der Waals surface area contributed by atoms with Crippen molar-refractivity contribution in [3.8, 4) is 0 Å². The molecular formula is C29H40ClN3O5. The average Bonchev–Trinajstić information content (AvgIpc) is 2.88. The summed E-state index contributed by atoms with van der Waals surface area (Å²) in [6, 6.07) is 16.1. The number of carbonyl (C=O) groups is 2. The number of hydroxylamine groups is 1. The summed E-state index contributed by atoms with van der Waals surface area (Å²) in [5.41, 5.74) is 4.55. The number of piperazine rings is 1. The molecule has 208 valence electrons. The number of ether oxygens (including phenoxy) is 2. The molecule has 2 aromatic rings. The first-order valence-electron chi connectivity index (χ1n) is 13.2. The smallest absolute Gasteiger partial charge is 0.410 e. The molecule has 0 radical (unpaired) electrons. The molecule has 1 heterocycles. The lowest BCUT2D eigenvalue weighted by Crippen LogP contribution is -2.49. The van der Waals surface area contributed by atoms with Gasteiger partial charge in [0.15, 0.2) is 0 Å². The summed E-state index contributed by atoms with van der Waals surface area (Å²) in [6.07, 6.45) is 0.0419. The van der Waals surface area contributed by atoms with Crippen molar-refractivity contribution in [2.24, 2.45) is 0 Å². The van der Waals surface area contributed by atoms with Crippen LogP contribution in [0.2, 0.25) is 5.02 Å².